The summed E-state index contributed by atoms with van der Waals surface area (Å²) >= 11 is 0. The van der Waals surface area contributed by atoms with E-state index in [9.17, 15) is 0 Å². The molecule has 0 radical (unpaired) electrons. The molecule has 0 spiro atoms. The third kappa shape index (κ3) is 6.86. The van der Waals surface area contributed by atoms with Crippen LogP contribution in [0.1, 0.15) is 48.4 Å². The largest absolute Gasteiger partial charge is 0.494 e. The van der Waals surface area contributed by atoms with Crippen molar-refractivity contribution in [1.29, 1.82) is 0 Å². The van der Waals surface area contributed by atoms with Gasteiger partial charge in [0.15, 0.2) is 11.5 Å². The van der Waals surface area contributed by atoms with Gasteiger partial charge in [0.25, 0.3) is 0 Å². The summed E-state index contributed by atoms with van der Waals surface area (Å²) in [5.41, 5.74) is 6.68. The van der Waals surface area contributed by atoms with Crippen LogP contribution in [-0.2, 0) is 12.8 Å². The first-order valence-corrected chi connectivity index (χ1v) is 13.2. The number of pyridine rings is 1. The summed E-state index contributed by atoms with van der Waals surface area (Å²) in [4.78, 5) is 2.34. The summed E-state index contributed by atoms with van der Waals surface area (Å²) in [5, 5.41) is 0. The fourth-order valence-electron chi connectivity index (χ4n) is 4.79. The Kier molecular flexibility index (Phi) is 9.13. The quantitative estimate of drug-likeness (QED) is 0.193. The van der Waals surface area contributed by atoms with Gasteiger partial charge in [-0.25, -0.2) is 0 Å². The Morgan fingerprint density at radius 1 is 0.865 bits per heavy atom. The molecule has 4 aromatic rings. The van der Waals surface area contributed by atoms with Gasteiger partial charge in [0.2, 0.25) is 0 Å². The van der Waals surface area contributed by atoms with Crippen molar-refractivity contribution in [1.82, 2.24) is 9.30 Å². The van der Waals surface area contributed by atoms with Crippen molar-refractivity contribution < 1.29 is 14.2 Å². The van der Waals surface area contributed by atoms with Gasteiger partial charge in [0.05, 0.1) is 20.8 Å². The molecular weight excluding hydrogens is 460 g/mol. The van der Waals surface area contributed by atoms with Crippen molar-refractivity contribution in [2.24, 2.45) is 0 Å². The monoisotopic (exact) mass is 500 g/mol. The first-order chi connectivity index (χ1) is 18.0. The van der Waals surface area contributed by atoms with Crippen LogP contribution in [0.4, 0.5) is 0 Å². The summed E-state index contributed by atoms with van der Waals surface area (Å²) in [6.07, 6.45) is 7.29. The van der Waals surface area contributed by atoms with Crippen LogP contribution in [0.25, 0.3) is 5.52 Å². The molecule has 5 heteroatoms. The fraction of sp³-hybridized carbons (Fsp3) is 0.375. The molecule has 0 aliphatic heterocycles. The Morgan fingerprint density at radius 2 is 1.62 bits per heavy atom. The predicted octanol–water partition coefficient (Wildman–Crippen LogP) is 6.61. The standard InChI is InChI=1S/C32H40N2O3/c1-24(2)29-23-34-18-7-6-9-30(34)28(29)21-25-10-13-27(14-11-25)37-20-8-17-33(3)19-16-26-12-15-31(35-4)32(22-26)36-5/h6-7,9-15,18,22-24H,8,16-17,19-21H2,1-5H3. The molecule has 2 heterocycles. The molecule has 0 bridgehead atoms. The number of ether oxygens (including phenoxy) is 3. The number of fused-ring (bicyclic) bond motifs is 1. The van der Waals surface area contributed by atoms with Crippen molar-refractivity contribution in [2.75, 3.05) is 41.0 Å². The molecule has 0 saturated heterocycles. The highest BCUT2D eigenvalue weighted by Gasteiger charge is 2.14. The number of benzene rings is 2. The molecule has 0 amide bonds. The van der Waals surface area contributed by atoms with E-state index < -0.39 is 0 Å². The van der Waals surface area contributed by atoms with E-state index in [1.165, 1.54) is 27.8 Å². The third-order valence-electron chi connectivity index (χ3n) is 6.94. The second-order valence-electron chi connectivity index (χ2n) is 9.98. The highest BCUT2D eigenvalue weighted by Crippen LogP contribution is 2.29. The fourth-order valence-corrected chi connectivity index (χ4v) is 4.79. The van der Waals surface area contributed by atoms with Crippen LogP contribution < -0.4 is 14.2 Å². The third-order valence-corrected chi connectivity index (χ3v) is 6.94. The molecule has 2 aromatic heterocycles. The Labute approximate surface area is 221 Å². The van der Waals surface area contributed by atoms with E-state index in [2.05, 4.69) is 97.2 Å². The van der Waals surface area contributed by atoms with Gasteiger partial charge < -0.3 is 23.5 Å². The van der Waals surface area contributed by atoms with Crippen molar-refractivity contribution in [3.05, 3.63) is 95.3 Å². The SMILES string of the molecule is COc1ccc(CCN(C)CCCOc2ccc(Cc3c(C(C)C)cn4ccccc34)cc2)cc1OC. The van der Waals surface area contributed by atoms with Gasteiger partial charge in [0, 0.05) is 31.0 Å². The second kappa shape index (κ2) is 12.7. The molecule has 0 atom stereocenters. The number of likely N-dealkylation sites (N-methyl/N-ethyl adjacent to an activating group) is 1. The molecule has 0 fully saturated rings. The van der Waals surface area contributed by atoms with Crippen LogP contribution in [0.5, 0.6) is 17.2 Å². The van der Waals surface area contributed by atoms with Gasteiger partial charge >= 0.3 is 0 Å². The maximum atomic E-state index is 6.04. The maximum absolute atomic E-state index is 6.04. The summed E-state index contributed by atoms with van der Waals surface area (Å²) < 4.78 is 19.0. The molecule has 5 nitrogen and oxygen atoms in total. The number of aromatic nitrogens is 1. The normalized spacial score (nSPS) is 11.4. The highest BCUT2D eigenvalue weighted by atomic mass is 16.5. The summed E-state index contributed by atoms with van der Waals surface area (Å²) in [6, 6.07) is 21.1. The predicted molar refractivity (Wildman–Crippen MR) is 152 cm³/mol. The van der Waals surface area contributed by atoms with Crippen molar-refractivity contribution in [3.8, 4) is 17.2 Å². The smallest absolute Gasteiger partial charge is 0.160 e. The van der Waals surface area contributed by atoms with Gasteiger partial charge in [-0.3, -0.25) is 0 Å². The van der Waals surface area contributed by atoms with Gasteiger partial charge in [-0.05, 0) is 90.9 Å². The van der Waals surface area contributed by atoms with Crippen LogP contribution in [-0.4, -0.2) is 50.3 Å². The molecule has 0 aliphatic carbocycles. The topological polar surface area (TPSA) is 35.3 Å². The van der Waals surface area contributed by atoms with Gasteiger partial charge in [-0.15, -0.1) is 0 Å². The van der Waals surface area contributed by atoms with Gasteiger partial charge in [0.1, 0.15) is 5.75 Å². The van der Waals surface area contributed by atoms with Gasteiger partial charge in [-0.2, -0.15) is 0 Å². The minimum Gasteiger partial charge on any atom is -0.494 e. The Hall–Kier alpha value is -3.44. The molecule has 0 unspecified atom stereocenters. The Morgan fingerprint density at radius 3 is 2.35 bits per heavy atom. The average Bonchev–Trinajstić information content (AvgIpc) is 3.29. The van der Waals surface area contributed by atoms with E-state index in [4.69, 9.17) is 14.2 Å². The number of hydrogen-bond donors (Lipinski definition) is 0. The Balaban J connectivity index is 1.23. The minimum atomic E-state index is 0.495. The van der Waals surface area contributed by atoms with Crippen molar-refractivity contribution in [3.63, 3.8) is 0 Å². The number of methoxy groups -OCH3 is 2. The van der Waals surface area contributed by atoms with Crippen molar-refractivity contribution >= 4 is 5.52 Å². The first-order valence-electron chi connectivity index (χ1n) is 13.2. The minimum absolute atomic E-state index is 0.495. The van der Waals surface area contributed by atoms with E-state index >= 15 is 0 Å². The van der Waals surface area contributed by atoms with Crippen LogP contribution in [0.15, 0.2) is 73.1 Å². The molecular formula is C32H40N2O3. The van der Waals surface area contributed by atoms with E-state index in [1.54, 1.807) is 14.2 Å². The lowest BCUT2D eigenvalue weighted by Gasteiger charge is -2.17. The Bertz CT molecular complexity index is 1280. The zero-order valence-corrected chi connectivity index (χ0v) is 22.9. The first kappa shape index (κ1) is 26.6. The number of rotatable bonds is 13. The molecule has 0 saturated carbocycles. The van der Waals surface area contributed by atoms with E-state index in [0.717, 1.165) is 49.6 Å². The molecule has 4 rings (SSSR count). The lowest BCUT2D eigenvalue weighted by atomic mass is 9.96. The zero-order chi connectivity index (χ0) is 26.2. The number of nitrogens with zero attached hydrogens (tertiary/aromatic N) is 2. The molecule has 37 heavy (non-hydrogen) atoms. The maximum Gasteiger partial charge on any atom is 0.160 e. The molecule has 0 N–H and O–H groups in total. The van der Waals surface area contributed by atoms with Crippen LogP contribution in [0.3, 0.4) is 0 Å². The summed E-state index contributed by atoms with van der Waals surface area (Å²) in [7, 11) is 5.50. The lowest BCUT2D eigenvalue weighted by molar-refractivity contribution is 0.264. The highest BCUT2D eigenvalue weighted by molar-refractivity contribution is 5.61. The van der Waals surface area contributed by atoms with Crippen LogP contribution in [0, 0.1) is 0 Å². The van der Waals surface area contributed by atoms with Crippen LogP contribution in [0.2, 0.25) is 0 Å². The van der Waals surface area contributed by atoms with Gasteiger partial charge in [-0.1, -0.05) is 38.1 Å². The molecule has 0 aliphatic rings. The van der Waals surface area contributed by atoms with Crippen LogP contribution >= 0.6 is 0 Å². The second-order valence-corrected chi connectivity index (χ2v) is 9.98. The summed E-state index contributed by atoms with van der Waals surface area (Å²) in [5.74, 6) is 2.98. The molecule has 2 aromatic carbocycles. The van der Waals surface area contributed by atoms with E-state index in [1.807, 2.05) is 6.07 Å². The molecule has 196 valence electrons. The van der Waals surface area contributed by atoms with Crippen molar-refractivity contribution in [2.45, 2.75) is 39.0 Å². The number of hydrogen-bond acceptors (Lipinski definition) is 4. The zero-order valence-electron chi connectivity index (χ0n) is 22.9. The van der Waals surface area contributed by atoms with E-state index in [0.29, 0.717) is 12.5 Å². The van der Waals surface area contributed by atoms with E-state index in [-0.39, 0.29) is 0 Å². The average molecular weight is 501 g/mol. The summed E-state index contributed by atoms with van der Waals surface area (Å²) in [6.45, 7) is 7.22. The lowest BCUT2D eigenvalue weighted by Crippen LogP contribution is -2.23.